The summed E-state index contributed by atoms with van der Waals surface area (Å²) in [7, 11) is 0. The second kappa shape index (κ2) is 5.02. The first-order chi connectivity index (χ1) is 6.97. The third kappa shape index (κ3) is 5.27. The highest BCUT2D eigenvalue weighted by Gasteiger charge is 2.27. The number of halogens is 3. The molecule has 84 valence electrons. The SMILES string of the molecule is Cc1cccc(OCOCC(F)(F)F)c1. The minimum Gasteiger partial charge on any atom is -0.468 e. The molecule has 1 rings (SSSR count). The summed E-state index contributed by atoms with van der Waals surface area (Å²) in [4.78, 5) is 0. The highest BCUT2D eigenvalue weighted by atomic mass is 19.4. The van der Waals surface area contributed by atoms with Crippen molar-refractivity contribution < 1.29 is 22.6 Å². The second-order valence-electron chi connectivity index (χ2n) is 3.04. The summed E-state index contributed by atoms with van der Waals surface area (Å²) >= 11 is 0. The van der Waals surface area contributed by atoms with E-state index in [1.54, 1.807) is 18.2 Å². The van der Waals surface area contributed by atoms with Gasteiger partial charge in [0.05, 0.1) is 0 Å². The van der Waals surface area contributed by atoms with Crippen molar-refractivity contribution in [1.29, 1.82) is 0 Å². The molecule has 0 saturated carbocycles. The Morgan fingerprint density at radius 3 is 2.60 bits per heavy atom. The summed E-state index contributed by atoms with van der Waals surface area (Å²) in [6, 6.07) is 7.00. The van der Waals surface area contributed by atoms with E-state index < -0.39 is 19.6 Å². The van der Waals surface area contributed by atoms with E-state index in [9.17, 15) is 13.2 Å². The first-order valence-corrected chi connectivity index (χ1v) is 4.31. The van der Waals surface area contributed by atoms with Gasteiger partial charge in [0, 0.05) is 0 Å². The highest BCUT2D eigenvalue weighted by molar-refractivity contribution is 5.27. The zero-order valence-electron chi connectivity index (χ0n) is 8.17. The van der Waals surface area contributed by atoms with Crippen molar-refractivity contribution in [2.45, 2.75) is 13.1 Å². The fourth-order valence-corrected chi connectivity index (χ4v) is 0.972. The van der Waals surface area contributed by atoms with Gasteiger partial charge in [-0.3, -0.25) is 0 Å². The molecule has 0 N–H and O–H groups in total. The molecule has 5 heteroatoms. The normalized spacial score (nSPS) is 11.5. The van der Waals surface area contributed by atoms with Crippen LogP contribution in [-0.2, 0) is 4.74 Å². The number of rotatable bonds is 4. The molecular formula is C10H11F3O2. The lowest BCUT2D eigenvalue weighted by Crippen LogP contribution is -2.19. The van der Waals surface area contributed by atoms with E-state index in [0.717, 1.165) is 5.56 Å². The van der Waals surface area contributed by atoms with E-state index in [4.69, 9.17) is 4.74 Å². The molecule has 1 aromatic rings. The van der Waals surface area contributed by atoms with Crippen LogP contribution >= 0.6 is 0 Å². The summed E-state index contributed by atoms with van der Waals surface area (Å²) in [5, 5.41) is 0. The number of alkyl halides is 3. The molecule has 15 heavy (non-hydrogen) atoms. The molecule has 0 bridgehead atoms. The van der Waals surface area contributed by atoms with Gasteiger partial charge in [-0.1, -0.05) is 12.1 Å². The number of hydrogen-bond acceptors (Lipinski definition) is 2. The molecule has 0 fully saturated rings. The van der Waals surface area contributed by atoms with Gasteiger partial charge in [-0.25, -0.2) is 0 Å². The van der Waals surface area contributed by atoms with Crippen molar-refractivity contribution >= 4 is 0 Å². The Labute approximate surface area is 85.6 Å². The van der Waals surface area contributed by atoms with Crippen LogP contribution in [0.5, 0.6) is 5.75 Å². The predicted octanol–water partition coefficient (Wildman–Crippen LogP) is 2.91. The Morgan fingerprint density at radius 2 is 2.00 bits per heavy atom. The van der Waals surface area contributed by atoms with Crippen molar-refractivity contribution in [3.8, 4) is 5.75 Å². The topological polar surface area (TPSA) is 18.5 Å². The van der Waals surface area contributed by atoms with Crippen LogP contribution in [0, 0.1) is 6.92 Å². The smallest absolute Gasteiger partial charge is 0.411 e. The first kappa shape index (κ1) is 11.8. The Balaban J connectivity index is 2.26. The van der Waals surface area contributed by atoms with E-state index in [1.165, 1.54) is 0 Å². The maximum Gasteiger partial charge on any atom is 0.411 e. The molecule has 0 saturated heterocycles. The third-order valence-electron chi connectivity index (χ3n) is 1.56. The van der Waals surface area contributed by atoms with E-state index in [1.807, 2.05) is 13.0 Å². The van der Waals surface area contributed by atoms with Gasteiger partial charge in [-0.05, 0) is 24.6 Å². The van der Waals surface area contributed by atoms with E-state index in [0.29, 0.717) is 5.75 Å². The van der Waals surface area contributed by atoms with Crippen molar-refractivity contribution in [3.05, 3.63) is 29.8 Å². The van der Waals surface area contributed by atoms with Crippen molar-refractivity contribution in [3.63, 3.8) is 0 Å². The predicted molar refractivity (Wildman–Crippen MR) is 48.7 cm³/mol. The molecule has 0 spiro atoms. The molecule has 0 aliphatic rings. The van der Waals surface area contributed by atoms with Gasteiger partial charge in [-0.15, -0.1) is 0 Å². The zero-order valence-corrected chi connectivity index (χ0v) is 8.17. The number of ether oxygens (including phenoxy) is 2. The van der Waals surface area contributed by atoms with Gasteiger partial charge in [-0.2, -0.15) is 13.2 Å². The van der Waals surface area contributed by atoms with Gasteiger partial charge in [0.15, 0.2) is 6.79 Å². The van der Waals surface area contributed by atoms with Gasteiger partial charge in [0.2, 0.25) is 0 Å². The van der Waals surface area contributed by atoms with Crippen molar-refractivity contribution in [2.75, 3.05) is 13.4 Å². The van der Waals surface area contributed by atoms with Crippen LogP contribution in [0.1, 0.15) is 5.56 Å². The van der Waals surface area contributed by atoms with Crippen LogP contribution in [0.2, 0.25) is 0 Å². The van der Waals surface area contributed by atoms with Crippen LogP contribution in [0.4, 0.5) is 13.2 Å². The fraction of sp³-hybridized carbons (Fsp3) is 0.400. The largest absolute Gasteiger partial charge is 0.468 e. The molecule has 0 unspecified atom stereocenters. The van der Waals surface area contributed by atoms with Gasteiger partial charge >= 0.3 is 6.18 Å². The van der Waals surface area contributed by atoms with Crippen molar-refractivity contribution in [1.82, 2.24) is 0 Å². The Bertz CT molecular complexity index is 310. The molecule has 0 atom stereocenters. The average Bonchev–Trinajstić information content (AvgIpc) is 2.11. The lowest BCUT2D eigenvalue weighted by molar-refractivity contribution is -0.186. The summed E-state index contributed by atoms with van der Waals surface area (Å²) in [5.41, 5.74) is 0.975. The third-order valence-corrected chi connectivity index (χ3v) is 1.56. The molecule has 0 amide bonds. The second-order valence-corrected chi connectivity index (χ2v) is 3.04. The van der Waals surface area contributed by atoms with Crippen LogP contribution in [-0.4, -0.2) is 19.6 Å². The Hall–Kier alpha value is -1.23. The van der Waals surface area contributed by atoms with Crippen molar-refractivity contribution in [2.24, 2.45) is 0 Å². The summed E-state index contributed by atoms with van der Waals surface area (Å²) in [5.74, 6) is 0.497. The lowest BCUT2D eigenvalue weighted by atomic mass is 10.2. The summed E-state index contributed by atoms with van der Waals surface area (Å²) in [6.45, 7) is 0.172. The lowest BCUT2D eigenvalue weighted by Gasteiger charge is -2.09. The van der Waals surface area contributed by atoms with Crippen LogP contribution in [0.15, 0.2) is 24.3 Å². The molecule has 0 aromatic heterocycles. The summed E-state index contributed by atoms with van der Waals surface area (Å²) in [6.07, 6.45) is -4.31. The molecule has 0 heterocycles. The van der Waals surface area contributed by atoms with E-state index >= 15 is 0 Å². The first-order valence-electron chi connectivity index (χ1n) is 4.31. The quantitative estimate of drug-likeness (QED) is 0.573. The molecule has 2 nitrogen and oxygen atoms in total. The monoisotopic (exact) mass is 220 g/mol. The van der Waals surface area contributed by atoms with Crippen LogP contribution in [0.3, 0.4) is 0 Å². The maximum atomic E-state index is 11.7. The Morgan fingerprint density at radius 1 is 1.27 bits per heavy atom. The van der Waals surface area contributed by atoms with Gasteiger partial charge in [0.1, 0.15) is 12.4 Å². The molecule has 0 aliphatic heterocycles. The van der Waals surface area contributed by atoms with E-state index in [2.05, 4.69) is 4.74 Å². The molecule has 0 aliphatic carbocycles. The minimum atomic E-state index is -4.31. The van der Waals surface area contributed by atoms with E-state index in [-0.39, 0.29) is 0 Å². The summed E-state index contributed by atoms with van der Waals surface area (Å²) < 4.78 is 44.2. The van der Waals surface area contributed by atoms with Crippen LogP contribution < -0.4 is 4.74 Å². The molecule has 1 aromatic carbocycles. The molecule has 0 radical (unpaired) electrons. The maximum absolute atomic E-state index is 11.7. The number of hydrogen-bond donors (Lipinski definition) is 0. The van der Waals surface area contributed by atoms with Crippen LogP contribution in [0.25, 0.3) is 0 Å². The highest BCUT2D eigenvalue weighted by Crippen LogP contribution is 2.15. The minimum absolute atomic E-state index is 0.400. The molecular weight excluding hydrogens is 209 g/mol. The number of aryl methyl sites for hydroxylation is 1. The number of benzene rings is 1. The average molecular weight is 220 g/mol. The van der Waals surface area contributed by atoms with Gasteiger partial charge in [0.25, 0.3) is 0 Å². The van der Waals surface area contributed by atoms with Gasteiger partial charge < -0.3 is 9.47 Å². The standard InChI is InChI=1S/C10H11F3O2/c1-8-3-2-4-9(5-8)15-7-14-6-10(11,12)13/h2-5H,6-7H2,1H3. The zero-order chi connectivity index (χ0) is 11.3. The Kier molecular flexibility index (Phi) is 3.96. The fourth-order valence-electron chi connectivity index (χ4n) is 0.972.